The van der Waals surface area contributed by atoms with Crippen molar-refractivity contribution in [1.82, 2.24) is 9.62 Å². The Hall–Kier alpha value is -0.910. The number of nitrogens with zero attached hydrogens (tertiary/aromatic N) is 1. The van der Waals surface area contributed by atoms with Crippen LogP contribution in [0.15, 0.2) is 30.3 Å². The summed E-state index contributed by atoms with van der Waals surface area (Å²) in [6, 6.07) is 9.87. The van der Waals surface area contributed by atoms with Crippen LogP contribution in [0.25, 0.3) is 0 Å². The molecule has 5 heteroatoms. The van der Waals surface area contributed by atoms with Crippen LogP contribution in [0.5, 0.6) is 0 Å². The first kappa shape index (κ1) is 14.5. The Kier molecular flexibility index (Phi) is 4.60. The minimum atomic E-state index is -3.19. The second kappa shape index (κ2) is 6.03. The predicted octanol–water partition coefficient (Wildman–Crippen LogP) is 1.41. The summed E-state index contributed by atoms with van der Waals surface area (Å²) >= 11 is 0. The highest BCUT2D eigenvalue weighted by atomic mass is 32.2. The average Bonchev–Trinajstić information content (AvgIpc) is 2.39. The molecule has 0 saturated carbocycles. The smallest absolute Gasteiger partial charge is 0.215 e. The van der Waals surface area contributed by atoms with Gasteiger partial charge in [-0.25, -0.2) is 8.42 Å². The molecule has 1 aliphatic rings. The molecule has 1 heterocycles. The van der Waals surface area contributed by atoms with E-state index in [2.05, 4.69) is 5.32 Å². The zero-order valence-electron chi connectivity index (χ0n) is 11.5. The third kappa shape index (κ3) is 3.55. The van der Waals surface area contributed by atoms with Crippen LogP contribution in [0.1, 0.15) is 25.3 Å². The highest BCUT2D eigenvalue weighted by Gasteiger charge is 2.30. The SMILES string of the molecule is CC(CS(=O)(=O)N1CCNC[C@@H]1C)c1ccccc1. The Balaban J connectivity index is 2.08. The molecule has 1 aromatic rings. The highest BCUT2D eigenvalue weighted by molar-refractivity contribution is 7.89. The Bertz CT molecular complexity index is 501. The van der Waals surface area contributed by atoms with Crippen molar-refractivity contribution in [2.24, 2.45) is 0 Å². The van der Waals surface area contributed by atoms with Gasteiger partial charge >= 0.3 is 0 Å². The first-order valence-electron chi connectivity index (χ1n) is 6.76. The second-order valence-corrected chi connectivity index (χ2v) is 7.22. The predicted molar refractivity (Wildman–Crippen MR) is 77.7 cm³/mol. The highest BCUT2D eigenvalue weighted by Crippen LogP contribution is 2.20. The molecule has 0 aliphatic carbocycles. The fraction of sp³-hybridized carbons (Fsp3) is 0.571. The molecule has 1 N–H and O–H groups in total. The van der Waals surface area contributed by atoms with E-state index in [9.17, 15) is 8.42 Å². The van der Waals surface area contributed by atoms with Crippen molar-refractivity contribution in [3.63, 3.8) is 0 Å². The van der Waals surface area contributed by atoms with Gasteiger partial charge in [-0.05, 0) is 18.4 Å². The van der Waals surface area contributed by atoms with Gasteiger partial charge in [0.15, 0.2) is 0 Å². The summed E-state index contributed by atoms with van der Waals surface area (Å²) in [6.45, 7) is 5.98. The van der Waals surface area contributed by atoms with Gasteiger partial charge in [-0.15, -0.1) is 0 Å². The first-order chi connectivity index (χ1) is 9.00. The van der Waals surface area contributed by atoms with Gasteiger partial charge in [0.2, 0.25) is 10.0 Å². The standard InChI is InChI=1S/C14H22N2O2S/c1-12(14-6-4-3-5-7-14)11-19(17,18)16-9-8-15-10-13(16)2/h3-7,12-13,15H,8-11H2,1-2H3/t12?,13-/m0/s1. The maximum Gasteiger partial charge on any atom is 0.215 e. The van der Waals surface area contributed by atoms with Gasteiger partial charge in [-0.2, -0.15) is 4.31 Å². The molecular formula is C14H22N2O2S. The van der Waals surface area contributed by atoms with Crippen molar-refractivity contribution in [2.45, 2.75) is 25.8 Å². The molecule has 1 unspecified atom stereocenters. The lowest BCUT2D eigenvalue weighted by molar-refractivity contribution is 0.283. The van der Waals surface area contributed by atoms with E-state index in [4.69, 9.17) is 0 Å². The number of hydrogen-bond acceptors (Lipinski definition) is 3. The van der Waals surface area contributed by atoms with E-state index in [-0.39, 0.29) is 17.7 Å². The molecule has 0 bridgehead atoms. The molecule has 106 valence electrons. The number of piperazine rings is 1. The maximum absolute atomic E-state index is 12.5. The number of rotatable bonds is 4. The van der Waals surface area contributed by atoms with Gasteiger partial charge in [0.1, 0.15) is 0 Å². The van der Waals surface area contributed by atoms with Crippen LogP contribution in [0.2, 0.25) is 0 Å². The molecule has 0 amide bonds. The summed E-state index contributed by atoms with van der Waals surface area (Å²) in [5.41, 5.74) is 1.08. The van der Waals surface area contributed by atoms with E-state index < -0.39 is 10.0 Å². The van der Waals surface area contributed by atoms with E-state index in [0.717, 1.165) is 18.7 Å². The summed E-state index contributed by atoms with van der Waals surface area (Å²) in [7, 11) is -3.19. The van der Waals surface area contributed by atoms with Gasteiger partial charge < -0.3 is 5.32 Å². The third-order valence-electron chi connectivity index (χ3n) is 3.63. The Morgan fingerprint density at radius 3 is 2.68 bits per heavy atom. The maximum atomic E-state index is 12.5. The van der Waals surface area contributed by atoms with E-state index in [1.165, 1.54) is 0 Å². The van der Waals surface area contributed by atoms with Crippen molar-refractivity contribution in [2.75, 3.05) is 25.4 Å². The average molecular weight is 282 g/mol. The van der Waals surface area contributed by atoms with Crippen molar-refractivity contribution in [3.05, 3.63) is 35.9 Å². The van der Waals surface area contributed by atoms with Crippen molar-refractivity contribution >= 4 is 10.0 Å². The van der Waals surface area contributed by atoms with Crippen molar-refractivity contribution < 1.29 is 8.42 Å². The van der Waals surface area contributed by atoms with Gasteiger partial charge in [0.25, 0.3) is 0 Å². The fourth-order valence-corrected chi connectivity index (χ4v) is 4.53. The quantitative estimate of drug-likeness (QED) is 0.908. The molecule has 19 heavy (non-hydrogen) atoms. The largest absolute Gasteiger partial charge is 0.314 e. The molecule has 1 aromatic carbocycles. The van der Waals surface area contributed by atoms with Gasteiger partial charge in [-0.1, -0.05) is 37.3 Å². The molecule has 0 radical (unpaired) electrons. The molecule has 1 saturated heterocycles. The van der Waals surface area contributed by atoms with Gasteiger partial charge in [-0.3, -0.25) is 0 Å². The minimum Gasteiger partial charge on any atom is -0.314 e. The lowest BCUT2D eigenvalue weighted by Gasteiger charge is -2.33. The Morgan fingerprint density at radius 1 is 1.37 bits per heavy atom. The summed E-state index contributed by atoms with van der Waals surface area (Å²) in [6.07, 6.45) is 0. The molecule has 0 aromatic heterocycles. The third-order valence-corrected chi connectivity index (χ3v) is 5.81. The molecule has 1 fully saturated rings. The van der Waals surface area contributed by atoms with Crippen LogP contribution in [0, 0.1) is 0 Å². The van der Waals surface area contributed by atoms with Gasteiger partial charge in [0.05, 0.1) is 5.75 Å². The Labute approximate surface area is 115 Å². The van der Waals surface area contributed by atoms with Crippen LogP contribution in [-0.2, 0) is 10.0 Å². The lowest BCUT2D eigenvalue weighted by atomic mass is 10.0. The summed E-state index contributed by atoms with van der Waals surface area (Å²) < 4.78 is 26.6. The number of nitrogens with one attached hydrogen (secondary N) is 1. The van der Waals surface area contributed by atoms with Crippen molar-refractivity contribution in [1.29, 1.82) is 0 Å². The van der Waals surface area contributed by atoms with E-state index in [1.807, 2.05) is 44.2 Å². The second-order valence-electron chi connectivity index (χ2n) is 5.25. The van der Waals surface area contributed by atoms with Crippen molar-refractivity contribution in [3.8, 4) is 0 Å². The normalized spacial score (nSPS) is 23.2. The van der Waals surface area contributed by atoms with Crippen LogP contribution < -0.4 is 5.32 Å². The number of benzene rings is 1. The van der Waals surface area contributed by atoms with Crippen LogP contribution in [0.4, 0.5) is 0 Å². The topological polar surface area (TPSA) is 49.4 Å². The number of hydrogen-bond donors (Lipinski definition) is 1. The molecule has 2 atom stereocenters. The lowest BCUT2D eigenvalue weighted by Crippen LogP contribution is -2.53. The summed E-state index contributed by atoms with van der Waals surface area (Å²) in [4.78, 5) is 0. The molecule has 0 spiro atoms. The van der Waals surface area contributed by atoms with Crippen LogP contribution >= 0.6 is 0 Å². The summed E-state index contributed by atoms with van der Waals surface area (Å²) in [5.74, 6) is 0.203. The molecule has 4 nitrogen and oxygen atoms in total. The van der Waals surface area contributed by atoms with E-state index >= 15 is 0 Å². The van der Waals surface area contributed by atoms with Crippen LogP contribution in [0.3, 0.4) is 0 Å². The minimum absolute atomic E-state index is 0.0216. The summed E-state index contributed by atoms with van der Waals surface area (Å²) in [5, 5.41) is 3.22. The monoisotopic (exact) mass is 282 g/mol. The first-order valence-corrected chi connectivity index (χ1v) is 8.37. The molecule has 2 rings (SSSR count). The molecule has 1 aliphatic heterocycles. The van der Waals surface area contributed by atoms with E-state index in [0.29, 0.717) is 6.54 Å². The zero-order valence-corrected chi connectivity index (χ0v) is 12.4. The number of sulfonamides is 1. The van der Waals surface area contributed by atoms with Gasteiger partial charge in [0, 0.05) is 25.7 Å². The fourth-order valence-electron chi connectivity index (χ4n) is 2.53. The molecular weight excluding hydrogens is 260 g/mol. The van der Waals surface area contributed by atoms with E-state index in [1.54, 1.807) is 4.31 Å². The zero-order chi connectivity index (χ0) is 13.9. The van der Waals surface area contributed by atoms with Crippen LogP contribution in [-0.4, -0.2) is 44.2 Å². The Morgan fingerprint density at radius 2 is 2.05 bits per heavy atom.